The maximum Gasteiger partial charge on any atom is 0.203 e. The molecule has 6 heteroatoms. The predicted molar refractivity (Wildman–Crippen MR) is 40.0 cm³/mol. The molecule has 1 atom stereocenters. The topological polar surface area (TPSA) is 29.4 Å². The number of nitrogens with zero attached hydrogens (tertiary/aromatic N) is 1. The van der Waals surface area contributed by atoms with E-state index in [1.165, 1.54) is 0 Å². The van der Waals surface area contributed by atoms with Crippen LogP contribution in [0, 0.1) is 4.91 Å². The fourth-order valence-corrected chi connectivity index (χ4v) is 0.604. The van der Waals surface area contributed by atoms with E-state index < -0.39 is 5.50 Å². The molecule has 0 amide bonds. The van der Waals surface area contributed by atoms with Crippen molar-refractivity contribution >= 4 is 46.4 Å². The summed E-state index contributed by atoms with van der Waals surface area (Å²) in [5.41, 5.74) is -1.18. The monoisotopic (exact) mass is 207 g/mol. The van der Waals surface area contributed by atoms with E-state index in [9.17, 15) is 4.91 Å². The van der Waals surface area contributed by atoms with Gasteiger partial charge >= 0.3 is 0 Å². The molecule has 1 unspecified atom stereocenters. The van der Waals surface area contributed by atoms with Crippen LogP contribution in [0.2, 0.25) is 0 Å². The molecular formula is C3HCl4NO. The van der Waals surface area contributed by atoms with Crippen molar-refractivity contribution < 1.29 is 0 Å². The molecule has 0 N–H and O–H groups in total. The third-order valence-electron chi connectivity index (χ3n) is 0.482. The largest absolute Gasteiger partial charge is 0.203 e. The number of halogens is 4. The number of alkyl halides is 1. The van der Waals surface area contributed by atoms with E-state index >= 15 is 0 Å². The van der Waals surface area contributed by atoms with E-state index in [4.69, 9.17) is 46.4 Å². The number of rotatable bonds is 2. The molecule has 0 aromatic heterocycles. The Bertz CT molecular complexity index is 141. The van der Waals surface area contributed by atoms with E-state index in [0.717, 1.165) is 0 Å². The minimum atomic E-state index is -1.18. The minimum Gasteiger partial charge on any atom is -0.149 e. The molecule has 0 radical (unpaired) electrons. The van der Waals surface area contributed by atoms with E-state index in [1.807, 2.05) is 0 Å². The second kappa shape index (κ2) is 4.34. The maximum absolute atomic E-state index is 9.63. The molecule has 2 nitrogen and oxygen atoms in total. The summed E-state index contributed by atoms with van der Waals surface area (Å²) in [4.78, 5) is 9.63. The zero-order valence-electron chi connectivity index (χ0n) is 3.94. The Morgan fingerprint density at radius 2 is 1.78 bits per heavy atom. The smallest absolute Gasteiger partial charge is 0.149 e. The zero-order chi connectivity index (χ0) is 7.44. The summed E-state index contributed by atoms with van der Waals surface area (Å²) in [6, 6.07) is 0. The molecule has 0 heterocycles. The summed E-state index contributed by atoms with van der Waals surface area (Å²) in [5.74, 6) is 0. The average molecular weight is 209 g/mol. The van der Waals surface area contributed by atoms with Gasteiger partial charge in [-0.2, -0.15) is 0 Å². The molecule has 0 aromatic rings. The lowest BCUT2D eigenvalue weighted by atomic mass is 10.6. The fourth-order valence-electron chi connectivity index (χ4n) is 0.136. The molecule has 52 valence electrons. The number of nitroso groups, excluding NO2 is 1. The Balaban J connectivity index is 4.19. The van der Waals surface area contributed by atoms with Gasteiger partial charge in [-0.25, -0.2) is 0 Å². The van der Waals surface area contributed by atoms with Gasteiger partial charge in [0.25, 0.3) is 0 Å². The lowest BCUT2D eigenvalue weighted by molar-refractivity contribution is 1.10. The lowest BCUT2D eigenvalue weighted by Gasteiger charge is -1.95. The van der Waals surface area contributed by atoms with Crippen LogP contribution in [0.5, 0.6) is 0 Å². The zero-order valence-corrected chi connectivity index (χ0v) is 6.97. The van der Waals surface area contributed by atoms with Crippen molar-refractivity contribution in [2.75, 3.05) is 0 Å². The van der Waals surface area contributed by atoms with Crippen LogP contribution in [0.15, 0.2) is 14.7 Å². The molecule has 0 aliphatic carbocycles. The minimum absolute atomic E-state index is 0.157. The second-order valence-corrected chi connectivity index (χ2v) is 2.82. The summed E-state index contributed by atoms with van der Waals surface area (Å²) < 4.78 is -0.240. The second-order valence-electron chi connectivity index (χ2n) is 1.05. The number of hydrogen-bond donors (Lipinski definition) is 0. The highest BCUT2D eigenvalue weighted by atomic mass is 35.5. The number of hydrogen-bond acceptors (Lipinski definition) is 2. The highest BCUT2D eigenvalue weighted by Gasteiger charge is 2.11. The van der Waals surface area contributed by atoms with Crippen LogP contribution in [0.3, 0.4) is 0 Å². The van der Waals surface area contributed by atoms with Crippen molar-refractivity contribution in [3.63, 3.8) is 0 Å². The molecule has 0 aliphatic heterocycles. The lowest BCUT2D eigenvalue weighted by Crippen LogP contribution is -1.91. The van der Waals surface area contributed by atoms with Crippen molar-refractivity contribution in [1.82, 2.24) is 0 Å². The van der Waals surface area contributed by atoms with Gasteiger partial charge in [-0.1, -0.05) is 46.4 Å². The van der Waals surface area contributed by atoms with Crippen molar-refractivity contribution in [3.8, 4) is 0 Å². The van der Waals surface area contributed by atoms with Crippen molar-refractivity contribution in [2.24, 2.45) is 5.18 Å². The molecule has 0 saturated carbocycles. The highest BCUT2D eigenvalue weighted by Crippen LogP contribution is 2.24. The van der Waals surface area contributed by atoms with E-state index in [-0.39, 0.29) is 9.52 Å². The Morgan fingerprint density at radius 1 is 1.33 bits per heavy atom. The van der Waals surface area contributed by atoms with Gasteiger partial charge in [-0.05, 0) is 5.18 Å². The molecule has 0 bridgehead atoms. The van der Waals surface area contributed by atoms with Gasteiger partial charge in [0, 0.05) is 0 Å². The van der Waals surface area contributed by atoms with Gasteiger partial charge in [0.2, 0.25) is 5.50 Å². The third kappa shape index (κ3) is 3.26. The Morgan fingerprint density at radius 3 is 1.89 bits per heavy atom. The Hall–Kier alpha value is 0.500. The summed E-state index contributed by atoms with van der Waals surface area (Å²) in [6.45, 7) is 0. The van der Waals surface area contributed by atoms with Crippen LogP contribution in [-0.4, -0.2) is 5.50 Å². The summed E-state index contributed by atoms with van der Waals surface area (Å²) in [6.07, 6.45) is 0. The van der Waals surface area contributed by atoms with Gasteiger partial charge < -0.3 is 0 Å². The maximum atomic E-state index is 9.63. The van der Waals surface area contributed by atoms with Crippen molar-refractivity contribution in [1.29, 1.82) is 0 Å². The quantitative estimate of drug-likeness (QED) is 0.390. The molecule has 0 rings (SSSR count). The van der Waals surface area contributed by atoms with E-state index in [2.05, 4.69) is 5.18 Å². The van der Waals surface area contributed by atoms with Crippen molar-refractivity contribution in [2.45, 2.75) is 5.50 Å². The first-order valence-corrected chi connectivity index (χ1v) is 3.33. The summed E-state index contributed by atoms with van der Waals surface area (Å²) in [7, 11) is 0. The van der Waals surface area contributed by atoms with Crippen LogP contribution in [0.25, 0.3) is 0 Å². The highest BCUT2D eigenvalue weighted by molar-refractivity contribution is 6.60. The van der Waals surface area contributed by atoms with Crippen LogP contribution < -0.4 is 0 Å². The molecule has 0 spiro atoms. The molecule has 0 aliphatic rings. The van der Waals surface area contributed by atoms with Gasteiger partial charge in [-0.3, -0.25) is 0 Å². The SMILES string of the molecule is O=NC(Cl)C(Cl)=C(Cl)Cl. The average Bonchev–Trinajstić information content (AvgIpc) is 1.84. The van der Waals surface area contributed by atoms with Crippen LogP contribution in [-0.2, 0) is 0 Å². The first-order valence-electron chi connectivity index (χ1n) is 1.76. The molecule has 9 heavy (non-hydrogen) atoms. The Labute approximate surface area is 71.7 Å². The standard InChI is InChI=1S/C3HCl4NO/c4-1(2(5)6)3(7)8-9/h3H. The molecular weight excluding hydrogens is 208 g/mol. The van der Waals surface area contributed by atoms with Gasteiger partial charge in [-0.15, -0.1) is 4.91 Å². The first-order chi connectivity index (χ1) is 4.09. The third-order valence-corrected chi connectivity index (χ3v) is 1.89. The molecule has 0 aromatic carbocycles. The molecule has 0 fully saturated rings. The van der Waals surface area contributed by atoms with E-state index in [1.54, 1.807) is 0 Å². The van der Waals surface area contributed by atoms with Gasteiger partial charge in [0.05, 0.1) is 5.03 Å². The van der Waals surface area contributed by atoms with Gasteiger partial charge in [0.1, 0.15) is 4.49 Å². The summed E-state index contributed by atoms with van der Waals surface area (Å²) in [5, 5.41) is 2.21. The van der Waals surface area contributed by atoms with Gasteiger partial charge in [0.15, 0.2) is 0 Å². The van der Waals surface area contributed by atoms with Crippen LogP contribution >= 0.6 is 46.4 Å². The molecule has 0 saturated heterocycles. The fraction of sp³-hybridized carbons (Fsp3) is 0.333. The normalized spacial score (nSPS) is 12.4. The summed E-state index contributed by atoms with van der Waals surface area (Å²) >= 11 is 20.7. The van der Waals surface area contributed by atoms with E-state index in [0.29, 0.717) is 0 Å². The first kappa shape index (κ1) is 9.50. The van der Waals surface area contributed by atoms with Crippen LogP contribution in [0.1, 0.15) is 0 Å². The predicted octanol–water partition coefficient (Wildman–Crippen LogP) is 3.20. The van der Waals surface area contributed by atoms with Crippen LogP contribution in [0.4, 0.5) is 0 Å². The van der Waals surface area contributed by atoms with Crippen molar-refractivity contribution in [3.05, 3.63) is 14.4 Å². The Kier molecular flexibility index (Phi) is 4.58.